The Balaban J connectivity index is 1.49. The fraction of sp³-hybridized carbons (Fsp3) is 0.280. The molecule has 0 saturated carbocycles. The Labute approximate surface area is 199 Å². The lowest BCUT2D eigenvalue weighted by Crippen LogP contribution is -2.49. The minimum Gasteiger partial charge on any atom is -0.370 e. The van der Waals surface area contributed by atoms with Crippen molar-refractivity contribution in [3.63, 3.8) is 0 Å². The van der Waals surface area contributed by atoms with E-state index in [1.54, 1.807) is 36.7 Å². The highest BCUT2D eigenvalue weighted by molar-refractivity contribution is 8.13. The molecule has 1 N–H and O–H groups in total. The van der Waals surface area contributed by atoms with E-state index in [9.17, 15) is 9.18 Å². The van der Waals surface area contributed by atoms with Crippen LogP contribution in [0, 0.1) is 24.5 Å². The molecule has 6 nitrogen and oxygen atoms in total. The van der Waals surface area contributed by atoms with Crippen LogP contribution in [0.25, 0.3) is 0 Å². The van der Waals surface area contributed by atoms with Gasteiger partial charge in [-0.3, -0.25) is 4.79 Å². The predicted octanol–water partition coefficient (Wildman–Crippen LogP) is 4.57. The number of rotatable bonds is 3. The molecule has 5 rings (SSSR count). The number of hydrogen-bond donors (Lipinski definition) is 1. The van der Waals surface area contributed by atoms with Gasteiger partial charge in [0.1, 0.15) is 23.0 Å². The Morgan fingerprint density at radius 1 is 1.15 bits per heavy atom. The highest BCUT2D eigenvalue weighted by atomic mass is 32.2. The van der Waals surface area contributed by atoms with Gasteiger partial charge in [-0.2, -0.15) is 0 Å². The van der Waals surface area contributed by atoms with E-state index in [0.717, 1.165) is 11.6 Å². The summed E-state index contributed by atoms with van der Waals surface area (Å²) in [4.78, 5) is 26.1. The summed E-state index contributed by atoms with van der Waals surface area (Å²) in [7, 11) is 0. The highest BCUT2D eigenvalue weighted by Gasteiger charge is 2.50. The number of amides is 1. The van der Waals surface area contributed by atoms with Gasteiger partial charge in [-0.25, -0.2) is 23.7 Å². The summed E-state index contributed by atoms with van der Waals surface area (Å²) in [5, 5.41) is 3.23. The van der Waals surface area contributed by atoms with Crippen molar-refractivity contribution in [1.29, 1.82) is 0 Å². The fourth-order valence-corrected chi connectivity index (χ4v) is 5.58. The molecule has 1 fully saturated rings. The average molecular weight is 481 g/mol. The summed E-state index contributed by atoms with van der Waals surface area (Å²) < 4.78 is 34.9. The Morgan fingerprint density at radius 2 is 1.91 bits per heavy atom. The van der Waals surface area contributed by atoms with Crippen LogP contribution in [0.1, 0.15) is 39.8 Å². The van der Waals surface area contributed by atoms with Crippen LogP contribution in [0.2, 0.25) is 0 Å². The van der Waals surface area contributed by atoms with Gasteiger partial charge in [-0.05, 0) is 31.5 Å². The highest BCUT2D eigenvalue weighted by Crippen LogP contribution is 2.49. The number of ether oxygens (including phenoxy) is 1. The lowest BCUT2D eigenvalue weighted by molar-refractivity contribution is -0.0591. The van der Waals surface area contributed by atoms with Crippen LogP contribution >= 0.6 is 11.8 Å². The number of carbonyl (C=O) groups excluding carboxylic acids is 1. The van der Waals surface area contributed by atoms with E-state index in [4.69, 9.17) is 9.73 Å². The van der Waals surface area contributed by atoms with E-state index in [-0.39, 0.29) is 30.1 Å². The third-order valence-corrected chi connectivity index (χ3v) is 7.26. The normalized spacial score (nSPS) is 24.1. The number of amidine groups is 1. The number of nitrogens with one attached hydrogen (secondary N) is 1. The van der Waals surface area contributed by atoms with Crippen LogP contribution in [-0.4, -0.2) is 33.4 Å². The zero-order valence-corrected chi connectivity index (χ0v) is 19.2. The quantitative estimate of drug-likeness (QED) is 0.594. The molecule has 1 unspecified atom stereocenters. The number of thioether (sulfide) groups is 1. The molecular formula is C25H22F2N4O2S. The Morgan fingerprint density at radius 3 is 2.65 bits per heavy atom. The van der Waals surface area contributed by atoms with Gasteiger partial charge in [-0.15, -0.1) is 0 Å². The standard InChI is InChI=1S/C25H22F2N4O2S/c1-15-28-11-17(12-29-15)22-9-18-13-34-24(30-23(32)16-5-3-2-4-6-16)31-25(18,14-33-22)20-8-7-19(26)10-21(20)27/h2-8,10-12,18,22H,9,13-14H2,1H3,(H,30,31,32)/t18-,22?,25-/m0/s1. The van der Waals surface area contributed by atoms with Gasteiger partial charge in [0, 0.05) is 46.8 Å². The van der Waals surface area contributed by atoms with Crippen LogP contribution in [0.3, 0.4) is 0 Å². The SMILES string of the molecule is Cc1ncc(C2C[C@H]3CSC(NC(=O)c4ccccc4)=N[C@@]3(c3ccc(F)cc3F)CO2)cn1. The van der Waals surface area contributed by atoms with Crippen molar-refractivity contribution >= 4 is 22.8 Å². The zero-order chi connectivity index (χ0) is 23.7. The minimum absolute atomic E-state index is 0.0734. The predicted molar refractivity (Wildman–Crippen MR) is 125 cm³/mol. The van der Waals surface area contributed by atoms with E-state index < -0.39 is 17.2 Å². The molecule has 2 aliphatic rings. The maximum Gasteiger partial charge on any atom is 0.257 e. The topological polar surface area (TPSA) is 76.5 Å². The fourth-order valence-electron chi connectivity index (χ4n) is 4.41. The first kappa shape index (κ1) is 22.6. The van der Waals surface area contributed by atoms with Gasteiger partial charge < -0.3 is 10.1 Å². The Kier molecular flexibility index (Phi) is 6.14. The molecule has 9 heteroatoms. The molecule has 1 saturated heterocycles. The van der Waals surface area contributed by atoms with Gasteiger partial charge in [0.2, 0.25) is 0 Å². The molecule has 0 spiro atoms. The maximum absolute atomic E-state index is 15.0. The molecule has 3 heterocycles. The third kappa shape index (κ3) is 4.33. The number of aliphatic imine (C=N–C) groups is 1. The monoisotopic (exact) mass is 480 g/mol. The molecule has 2 aromatic carbocycles. The van der Waals surface area contributed by atoms with Crippen molar-refractivity contribution in [2.45, 2.75) is 25.0 Å². The Hall–Kier alpha value is -3.17. The number of aromatic nitrogens is 2. The average Bonchev–Trinajstić information content (AvgIpc) is 2.84. The largest absolute Gasteiger partial charge is 0.370 e. The summed E-state index contributed by atoms with van der Waals surface area (Å²) >= 11 is 1.41. The first-order valence-electron chi connectivity index (χ1n) is 10.9. The van der Waals surface area contributed by atoms with E-state index in [0.29, 0.717) is 28.7 Å². The molecule has 0 aliphatic carbocycles. The van der Waals surface area contributed by atoms with Gasteiger partial charge >= 0.3 is 0 Å². The summed E-state index contributed by atoms with van der Waals surface area (Å²) in [5.41, 5.74) is 0.499. The van der Waals surface area contributed by atoms with Crippen molar-refractivity contribution in [2.75, 3.05) is 12.4 Å². The van der Waals surface area contributed by atoms with Gasteiger partial charge in [0.05, 0.1) is 12.7 Å². The number of benzene rings is 2. The summed E-state index contributed by atoms with van der Waals surface area (Å²) in [6.45, 7) is 1.88. The number of carbonyl (C=O) groups is 1. The number of halogens is 2. The summed E-state index contributed by atoms with van der Waals surface area (Å²) in [6.07, 6.45) is 3.77. The molecule has 3 aromatic rings. The van der Waals surface area contributed by atoms with Crippen LogP contribution in [0.15, 0.2) is 65.9 Å². The van der Waals surface area contributed by atoms with Crippen molar-refractivity contribution < 1.29 is 18.3 Å². The second-order valence-electron chi connectivity index (χ2n) is 8.39. The molecular weight excluding hydrogens is 458 g/mol. The molecule has 174 valence electrons. The molecule has 2 aliphatic heterocycles. The minimum atomic E-state index is -1.09. The lowest BCUT2D eigenvalue weighted by Gasteiger charge is -2.46. The van der Waals surface area contributed by atoms with Crippen molar-refractivity contribution in [3.05, 3.63) is 95.1 Å². The second-order valence-corrected chi connectivity index (χ2v) is 9.40. The molecule has 34 heavy (non-hydrogen) atoms. The van der Waals surface area contributed by atoms with E-state index in [2.05, 4.69) is 15.3 Å². The summed E-state index contributed by atoms with van der Waals surface area (Å²) in [5.74, 6) is -0.514. The number of nitrogens with zero attached hydrogens (tertiary/aromatic N) is 3. The van der Waals surface area contributed by atoms with Crippen molar-refractivity contribution in [3.8, 4) is 0 Å². The molecule has 1 amide bonds. The first-order chi connectivity index (χ1) is 16.4. The second kappa shape index (κ2) is 9.23. The van der Waals surface area contributed by atoms with Crippen molar-refractivity contribution in [2.24, 2.45) is 10.9 Å². The third-order valence-electron chi connectivity index (χ3n) is 6.23. The molecule has 1 aromatic heterocycles. The van der Waals surface area contributed by atoms with E-state index in [1.807, 2.05) is 13.0 Å². The number of hydrogen-bond acceptors (Lipinski definition) is 6. The molecule has 3 atom stereocenters. The van der Waals surface area contributed by atoms with Gasteiger partial charge in [0.25, 0.3) is 5.91 Å². The molecule has 0 radical (unpaired) electrons. The van der Waals surface area contributed by atoms with Gasteiger partial charge in [0.15, 0.2) is 5.17 Å². The van der Waals surface area contributed by atoms with Gasteiger partial charge in [-0.1, -0.05) is 36.0 Å². The first-order valence-corrected chi connectivity index (χ1v) is 11.9. The number of fused-ring (bicyclic) bond motifs is 1. The Bertz CT molecular complexity index is 1240. The lowest BCUT2D eigenvalue weighted by atomic mass is 9.74. The zero-order valence-electron chi connectivity index (χ0n) is 18.4. The van der Waals surface area contributed by atoms with Crippen LogP contribution in [0.4, 0.5) is 8.78 Å². The summed E-state index contributed by atoms with van der Waals surface area (Å²) in [6, 6.07) is 12.3. The maximum atomic E-state index is 15.0. The van der Waals surface area contributed by atoms with Crippen LogP contribution < -0.4 is 5.32 Å². The molecule has 0 bridgehead atoms. The van der Waals surface area contributed by atoms with Crippen molar-refractivity contribution in [1.82, 2.24) is 15.3 Å². The number of aryl methyl sites for hydroxylation is 1. The van der Waals surface area contributed by atoms with E-state index in [1.165, 1.54) is 23.9 Å². The smallest absolute Gasteiger partial charge is 0.257 e. The van der Waals surface area contributed by atoms with E-state index >= 15 is 4.39 Å². The van der Waals surface area contributed by atoms with Crippen LogP contribution in [0.5, 0.6) is 0 Å². The van der Waals surface area contributed by atoms with Crippen LogP contribution in [-0.2, 0) is 10.3 Å².